The zero-order valence-electron chi connectivity index (χ0n) is 10.6. The van der Waals surface area contributed by atoms with Crippen molar-refractivity contribution in [2.75, 3.05) is 7.11 Å². The van der Waals surface area contributed by atoms with Gasteiger partial charge in [-0.05, 0) is 36.2 Å². The molecule has 2 N–H and O–H groups in total. The molecular weight excluding hydrogens is 309 g/mol. The van der Waals surface area contributed by atoms with Gasteiger partial charge in [0.2, 0.25) is 0 Å². The molecule has 0 saturated carbocycles. The lowest BCUT2D eigenvalue weighted by molar-refractivity contribution is 0.399. The molecule has 0 amide bonds. The van der Waals surface area contributed by atoms with E-state index in [0.29, 0.717) is 17.7 Å². The van der Waals surface area contributed by atoms with E-state index < -0.39 is 6.04 Å². The second kappa shape index (κ2) is 6.17. The number of rotatable bonds is 4. The fraction of sp³-hybridized carbons (Fsp3) is 0.200. The lowest BCUT2D eigenvalue weighted by Gasteiger charge is -2.16. The topological polar surface area (TPSA) is 35.2 Å². The van der Waals surface area contributed by atoms with Crippen molar-refractivity contribution in [3.8, 4) is 5.75 Å². The number of benzene rings is 2. The van der Waals surface area contributed by atoms with Crippen LogP contribution in [0.5, 0.6) is 5.75 Å². The van der Waals surface area contributed by atoms with Gasteiger partial charge in [-0.1, -0.05) is 34.1 Å². The fourth-order valence-electron chi connectivity index (χ4n) is 2.03. The highest BCUT2D eigenvalue weighted by atomic mass is 79.9. The number of halogens is 2. The zero-order valence-corrected chi connectivity index (χ0v) is 12.2. The van der Waals surface area contributed by atoms with Gasteiger partial charge in [-0.25, -0.2) is 4.39 Å². The molecule has 0 aliphatic rings. The van der Waals surface area contributed by atoms with Crippen LogP contribution in [0.15, 0.2) is 46.9 Å². The van der Waals surface area contributed by atoms with Crippen LogP contribution in [0.25, 0.3) is 0 Å². The molecule has 2 nitrogen and oxygen atoms in total. The summed E-state index contributed by atoms with van der Waals surface area (Å²) in [6.45, 7) is 0. The monoisotopic (exact) mass is 323 g/mol. The Hall–Kier alpha value is -1.39. The number of methoxy groups -OCH3 is 1. The van der Waals surface area contributed by atoms with E-state index in [0.717, 1.165) is 10.0 Å². The van der Waals surface area contributed by atoms with Gasteiger partial charge in [0.1, 0.15) is 11.6 Å². The first-order valence-electron chi connectivity index (χ1n) is 5.94. The van der Waals surface area contributed by atoms with Gasteiger partial charge in [0, 0.05) is 16.1 Å². The maximum absolute atomic E-state index is 13.9. The lowest BCUT2D eigenvalue weighted by Crippen LogP contribution is -2.16. The summed E-state index contributed by atoms with van der Waals surface area (Å²) in [6, 6.07) is 12.1. The Morgan fingerprint density at radius 3 is 2.53 bits per heavy atom. The Morgan fingerprint density at radius 2 is 1.89 bits per heavy atom. The van der Waals surface area contributed by atoms with Crippen molar-refractivity contribution in [2.45, 2.75) is 12.5 Å². The number of hydrogen-bond acceptors (Lipinski definition) is 2. The molecule has 0 spiro atoms. The molecule has 2 rings (SSSR count). The molecule has 0 aliphatic heterocycles. The Kier molecular flexibility index (Phi) is 4.56. The Labute approximate surface area is 120 Å². The number of ether oxygens (including phenoxy) is 1. The van der Waals surface area contributed by atoms with E-state index in [4.69, 9.17) is 10.5 Å². The third kappa shape index (κ3) is 3.33. The highest BCUT2D eigenvalue weighted by Crippen LogP contribution is 2.28. The minimum Gasteiger partial charge on any atom is -0.496 e. The molecule has 19 heavy (non-hydrogen) atoms. The highest BCUT2D eigenvalue weighted by Gasteiger charge is 2.17. The molecule has 100 valence electrons. The molecule has 2 aromatic carbocycles. The summed E-state index contributed by atoms with van der Waals surface area (Å²) in [5.74, 6) is 0.161. The van der Waals surface area contributed by atoms with E-state index in [9.17, 15) is 4.39 Å². The van der Waals surface area contributed by atoms with Gasteiger partial charge in [0.05, 0.1) is 7.11 Å². The average molecular weight is 324 g/mol. The molecule has 0 fully saturated rings. The van der Waals surface area contributed by atoms with Gasteiger partial charge >= 0.3 is 0 Å². The number of nitrogens with two attached hydrogens (primary N) is 1. The molecule has 1 unspecified atom stereocenters. The van der Waals surface area contributed by atoms with Crippen molar-refractivity contribution in [1.29, 1.82) is 0 Å². The first-order valence-corrected chi connectivity index (χ1v) is 6.73. The third-order valence-corrected chi connectivity index (χ3v) is 3.50. The van der Waals surface area contributed by atoms with E-state index in [-0.39, 0.29) is 5.82 Å². The van der Waals surface area contributed by atoms with Crippen LogP contribution in [0.1, 0.15) is 17.2 Å². The maximum Gasteiger partial charge on any atom is 0.131 e. The lowest BCUT2D eigenvalue weighted by atomic mass is 9.98. The van der Waals surface area contributed by atoms with Crippen LogP contribution in [-0.4, -0.2) is 7.11 Å². The van der Waals surface area contributed by atoms with Gasteiger partial charge in [0.15, 0.2) is 0 Å². The molecule has 2 aromatic rings. The second-order valence-corrected chi connectivity index (χ2v) is 5.21. The van der Waals surface area contributed by atoms with Crippen molar-refractivity contribution in [1.82, 2.24) is 0 Å². The second-order valence-electron chi connectivity index (χ2n) is 4.29. The zero-order chi connectivity index (χ0) is 13.8. The predicted octanol–water partition coefficient (Wildman–Crippen LogP) is 3.84. The van der Waals surface area contributed by atoms with Crippen molar-refractivity contribution < 1.29 is 9.13 Å². The maximum atomic E-state index is 13.9. The summed E-state index contributed by atoms with van der Waals surface area (Å²) in [7, 11) is 1.52. The highest BCUT2D eigenvalue weighted by molar-refractivity contribution is 9.10. The molecule has 1 atom stereocenters. The average Bonchev–Trinajstić information content (AvgIpc) is 2.40. The molecule has 0 radical (unpaired) electrons. The van der Waals surface area contributed by atoms with E-state index in [1.54, 1.807) is 12.1 Å². The molecule has 4 heteroatoms. The van der Waals surface area contributed by atoms with Crippen molar-refractivity contribution in [2.24, 2.45) is 5.73 Å². The molecule has 0 heterocycles. The van der Waals surface area contributed by atoms with Crippen LogP contribution in [0.3, 0.4) is 0 Å². The van der Waals surface area contributed by atoms with E-state index >= 15 is 0 Å². The van der Waals surface area contributed by atoms with Gasteiger partial charge in [-0.15, -0.1) is 0 Å². The van der Waals surface area contributed by atoms with Crippen molar-refractivity contribution >= 4 is 15.9 Å². The van der Waals surface area contributed by atoms with Crippen molar-refractivity contribution in [3.05, 3.63) is 63.9 Å². The van der Waals surface area contributed by atoms with Gasteiger partial charge < -0.3 is 10.5 Å². The molecule has 0 aliphatic carbocycles. The Bertz CT molecular complexity index is 557. The molecule has 0 saturated heterocycles. The summed E-state index contributed by atoms with van der Waals surface area (Å²) in [6.07, 6.45) is 0.560. The summed E-state index contributed by atoms with van der Waals surface area (Å²) in [5, 5.41) is 0. The third-order valence-electron chi connectivity index (χ3n) is 2.97. The molecular formula is C15H15BrFNO. The summed E-state index contributed by atoms with van der Waals surface area (Å²) >= 11 is 3.38. The fourth-order valence-corrected chi connectivity index (χ4v) is 2.30. The number of hydrogen-bond donors (Lipinski definition) is 1. The quantitative estimate of drug-likeness (QED) is 0.927. The smallest absolute Gasteiger partial charge is 0.131 e. The first-order chi connectivity index (χ1) is 9.11. The normalized spacial score (nSPS) is 12.2. The molecule has 0 bridgehead atoms. The standard InChI is InChI=1S/C15H15BrFNO/c1-19-14-4-2-3-12(17)15(14)13(18)9-10-5-7-11(16)8-6-10/h2-8,13H,9,18H2,1H3. The van der Waals surface area contributed by atoms with E-state index in [2.05, 4.69) is 15.9 Å². The molecule has 0 aromatic heterocycles. The van der Waals surface area contributed by atoms with Gasteiger partial charge in [0.25, 0.3) is 0 Å². The van der Waals surface area contributed by atoms with E-state index in [1.807, 2.05) is 24.3 Å². The van der Waals surface area contributed by atoms with Crippen LogP contribution >= 0.6 is 15.9 Å². The predicted molar refractivity (Wildman–Crippen MR) is 77.7 cm³/mol. The minimum absolute atomic E-state index is 0.330. The summed E-state index contributed by atoms with van der Waals surface area (Å²) in [4.78, 5) is 0. The van der Waals surface area contributed by atoms with Gasteiger partial charge in [-0.2, -0.15) is 0 Å². The van der Waals surface area contributed by atoms with Crippen LogP contribution < -0.4 is 10.5 Å². The minimum atomic E-state index is -0.433. The largest absolute Gasteiger partial charge is 0.496 e. The summed E-state index contributed by atoms with van der Waals surface area (Å²) < 4.78 is 20.1. The van der Waals surface area contributed by atoms with Crippen LogP contribution in [0.4, 0.5) is 4.39 Å². The van der Waals surface area contributed by atoms with Crippen LogP contribution in [0.2, 0.25) is 0 Å². The summed E-state index contributed by atoms with van der Waals surface area (Å²) in [5.41, 5.74) is 7.59. The SMILES string of the molecule is COc1cccc(F)c1C(N)Cc1ccc(Br)cc1. The van der Waals surface area contributed by atoms with Crippen LogP contribution in [-0.2, 0) is 6.42 Å². The van der Waals surface area contributed by atoms with Crippen LogP contribution in [0, 0.1) is 5.82 Å². The van der Waals surface area contributed by atoms with Gasteiger partial charge in [-0.3, -0.25) is 0 Å². The Morgan fingerprint density at radius 1 is 1.21 bits per heavy atom. The van der Waals surface area contributed by atoms with E-state index in [1.165, 1.54) is 13.2 Å². The van der Waals surface area contributed by atoms with Crippen molar-refractivity contribution in [3.63, 3.8) is 0 Å². The first kappa shape index (κ1) is 14.0. The Balaban J connectivity index is 2.24.